The van der Waals surface area contributed by atoms with Crippen molar-refractivity contribution in [3.8, 4) is 23.1 Å². The minimum Gasteiger partial charge on any atom is -0.540 e. The van der Waals surface area contributed by atoms with Crippen molar-refractivity contribution in [3.05, 3.63) is 30.0 Å². The summed E-state index contributed by atoms with van der Waals surface area (Å²) in [5.74, 6) is -3.18. The van der Waals surface area contributed by atoms with Crippen LogP contribution in [0.15, 0.2) is 28.7 Å². The zero-order chi connectivity index (χ0) is 15.8. The minimum absolute atomic E-state index is 0.143. The molecule has 0 bridgehead atoms. The second-order valence-corrected chi connectivity index (χ2v) is 4.16. The molecule has 0 amide bonds. The topological polar surface area (TPSA) is 66.4 Å². The fourth-order valence-electron chi connectivity index (χ4n) is 1.81. The van der Waals surface area contributed by atoms with Crippen LogP contribution in [-0.2, 0) is 7.05 Å². The Morgan fingerprint density at radius 3 is 2.33 bits per heavy atom. The number of nitrogens with zero attached hydrogens (tertiary/aromatic N) is 1. The van der Waals surface area contributed by atoms with Gasteiger partial charge in [0.1, 0.15) is 18.7 Å². The second-order valence-electron chi connectivity index (χ2n) is 4.16. The van der Waals surface area contributed by atoms with E-state index in [9.17, 15) is 23.1 Å². The molecule has 0 aliphatic carbocycles. The number of benzene rings is 1. The second kappa shape index (κ2) is 5.12. The van der Waals surface area contributed by atoms with Gasteiger partial charge in [0.15, 0.2) is 0 Å². The van der Waals surface area contributed by atoms with E-state index in [1.165, 1.54) is 19.2 Å². The summed E-state index contributed by atoms with van der Waals surface area (Å²) in [5.41, 5.74) is -0.718. The predicted octanol–water partition coefficient (Wildman–Crippen LogP) is 1.60. The molecule has 0 atom stereocenters. The number of alkyl halides is 3. The Balaban J connectivity index is 2.50. The highest BCUT2D eigenvalue weighted by molar-refractivity contribution is 5.99. The lowest BCUT2D eigenvalue weighted by atomic mass is 10.2. The van der Waals surface area contributed by atoms with Gasteiger partial charge in [-0.3, -0.25) is 4.79 Å². The maximum atomic E-state index is 12.4. The van der Waals surface area contributed by atoms with Crippen LogP contribution in [0.2, 0.25) is 0 Å². The van der Waals surface area contributed by atoms with Crippen molar-refractivity contribution in [2.45, 2.75) is 6.18 Å². The first-order chi connectivity index (χ1) is 9.75. The van der Waals surface area contributed by atoms with Crippen molar-refractivity contribution in [1.82, 2.24) is 0 Å². The first-order valence-electron chi connectivity index (χ1n) is 5.71. The Bertz CT molecular complexity index is 674. The van der Waals surface area contributed by atoms with Gasteiger partial charge >= 0.3 is 12.0 Å². The summed E-state index contributed by atoms with van der Waals surface area (Å²) >= 11 is 0. The number of hydrogen-bond donors (Lipinski definition) is 0. The summed E-state index contributed by atoms with van der Waals surface area (Å²) in [5, 5.41) is 11.5. The molecule has 0 fully saturated rings. The van der Waals surface area contributed by atoms with Gasteiger partial charge in [-0.15, -0.1) is 0 Å². The Hall–Kier alpha value is -2.51. The number of ketones is 1. The maximum Gasteiger partial charge on any atom is 0.461 e. The smallest absolute Gasteiger partial charge is 0.461 e. The van der Waals surface area contributed by atoms with Crippen LogP contribution in [0.5, 0.6) is 11.7 Å². The van der Waals surface area contributed by atoms with Gasteiger partial charge in [0.05, 0.1) is 12.7 Å². The molecule has 1 aromatic heterocycles. The molecule has 5 nitrogen and oxygen atoms in total. The molecule has 0 saturated heterocycles. The van der Waals surface area contributed by atoms with Gasteiger partial charge in [-0.2, -0.15) is 17.7 Å². The Labute approximate surface area is 117 Å². The molecule has 0 saturated carbocycles. The average Bonchev–Trinajstić information content (AvgIpc) is 2.72. The first-order valence-corrected chi connectivity index (χ1v) is 5.71. The number of hydrogen-bond acceptors (Lipinski definition) is 4. The lowest BCUT2D eigenvalue weighted by Gasteiger charge is -2.02. The van der Waals surface area contributed by atoms with Crippen LogP contribution in [0.25, 0.3) is 11.5 Å². The molecular weight excluding hydrogens is 291 g/mol. The highest BCUT2D eigenvalue weighted by Crippen LogP contribution is 2.28. The molecule has 1 aromatic carbocycles. The van der Waals surface area contributed by atoms with Crippen LogP contribution in [0.1, 0.15) is 10.5 Å². The SMILES string of the molecule is COc1ccc(-c2oc([O-])c(C(=O)C(F)(F)F)[n+]2C)cc1. The van der Waals surface area contributed by atoms with E-state index in [0.717, 1.165) is 11.6 Å². The van der Waals surface area contributed by atoms with Crippen molar-refractivity contribution >= 4 is 5.78 Å². The predicted molar refractivity (Wildman–Crippen MR) is 61.7 cm³/mol. The summed E-state index contributed by atoms with van der Waals surface area (Å²) in [7, 11) is 2.61. The highest BCUT2D eigenvalue weighted by Gasteiger charge is 2.46. The van der Waals surface area contributed by atoms with E-state index in [1.54, 1.807) is 12.1 Å². The summed E-state index contributed by atoms with van der Waals surface area (Å²) in [6.45, 7) is 0. The molecule has 8 heteroatoms. The van der Waals surface area contributed by atoms with Crippen LogP contribution in [-0.4, -0.2) is 19.1 Å². The van der Waals surface area contributed by atoms with E-state index >= 15 is 0 Å². The molecule has 2 aromatic rings. The summed E-state index contributed by atoms with van der Waals surface area (Å²) in [6, 6.07) is 6.10. The van der Waals surface area contributed by atoms with Crippen molar-refractivity contribution < 1.29 is 36.8 Å². The zero-order valence-electron chi connectivity index (χ0n) is 11.0. The zero-order valence-corrected chi connectivity index (χ0v) is 11.0. The number of rotatable bonds is 3. The molecule has 0 aliphatic heterocycles. The largest absolute Gasteiger partial charge is 0.540 e. The third-order valence-corrected chi connectivity index (χ3v) is 2.83. The van der Waals surface area contributed by atoms with Gasteiger partial charge in [-0.25, -0.2) is 0 Å². The number of ether oxygens (including phenoxy) is 1. The van der Waals surface area contributed by atoms with Gasteiger partial charge in [-0.05, 0) is 24.3 Å². The van der Waals surface area contributed by atoms with E-state index in [1.807, 2.05) is 0 Å². The number of methoxy groups -OCH3 is 1. The van der Waals surface area contributed by atoms with Gasteiger partial charge in [-0.1, -0.05) is 0 Å². The molecule has 2 rings (SSSR count). The van der Waals surface area contributed by atoms with Gasteiger partial charge < -0.3 is 14.3 Å². The van der Waals surface area contributed by atoms with Crippen molar-refractivity contribution in [2.24, 2.45) is 7.05 Å². The standard InChI is InChI=1S/C13H10F3NO4/c1-17-9(10(18)13(14,15)16)12(19)21-11(17)7-3-5-8(20-2)6-4-7/h3-6H,1-2H3. The lowest BCUT2D eigenvalue weighted by Crippen LogP contribution is -2.40. The Kier molecular flexibility index (Phi) is 3.63. The summed E-state index contributed by atoms with van der Waals surface area (Å²) < 4.78 is 47.8. The lowest BCUT2D eigenvalue weighted by molar-refractivity contribution is -0.665. The highest BCUT2D eigenvalue weighted by atomic mass is 19.4. The minimum atomic E-state index is -5.14. The number of halogens is 3. The van der Waals surface area contributed by atoms with Crippen LogP contribution >= 0.6 is 0 Å². The van der Waals surface area contributed by atoms with Crippen LogP contribution in [0.4, 0.5) is 13.2 Å². The molecule has 0 spiro atoms. The Morgan fingerprint density at radius 1 is 1.29 bits per heavy atom. The Morgan fingerprint density at radius 2 is 1.86 bits per heavy atom. The van der Waals surface area contributed by atoms with E-state index < -0.39 is 23.6 Å². The molecule has 0 radical (unpaired) electrons. The number of Topliss-reactive ketones (excluding diaryl/α,β-unsaturated/α-hetero) is 1. The van der Waals surface area contributed by atoms with Crippen molar-refractivity contribution in [2.75, 3.05) is 7.11 Å². The van der Waals surface area contributed by atoms with Crippen LogP contribution < -0.4 is 14.4 Å². The van der Waals surface area contributed by atoms with E-state index in [0.29, 0.717) is 11.3 Å². The third-order valence-electron chi connectivity index (χ3n) is 2.83. The fourth-order valence-corrected chi connectivity index (χ4v) is 1.81. The average molecular weight is 301 g/mol. The molecular formula is C13H10F3NO4. The van der Waals surface area contributed by atoms with E-state index in [-0.39, 0.29) is 5.89 Å². The first kappa shape index (κ1) is 14.9. The number of carbonyl (C=O) groups excluding carboxylic acids is 1. The fraction of sp³-hybridized carbons (Fsp3) is 0.231. The molecule has 21 heavy (non-hydrogen) atoms. The maximum absolute atomic E-state index is 12.4. The number of aromatic nitrogens is 1. The third kappa shape index (κ3) is 2.69. The summed E-state index contributed by atoms with van der Waals surface area (Å²) in [4.78, 5) is 11.2. The van der Waals surface area contributed by atoms with Gasteiger partial charge in [0, 0.05) is 0 Å². The van der Waals surface area contributed by atoms with Gasteiger partial charge in [0.25, 0.3) is 11.6 Å². The summed E-state index contributed by atoms with van der Waals surface area (Å²) in [6.07, 6.45) is -5.14. The van der Waals surface area contributed by atoms with Crippen LogP contribution in [0, 0.1) is 0 Å². The normalized spacial score (nSPS) is 11.5. The molecule has 0 unspecified atom stereocenters. The molecule has 0 aliphatic rings. The van der Waals surface area contributed by atoms with Crippen molar-refractivity contribution in [3.63, 3.8) is 0 Å². The molecule has 0 N–H and O–H groups in total. The number of oxazole rings is 1. The van der Waals surface area contributed by atoms with Gasteiger partial charge in [0.2, 0.25) is 0 Å². The van der Waals surface area contributed by atoms with E-state index in [4.69, 9.17) is 9.15 Å². The monoisotopic (exact) mass is 301 g/mol. The van der Waals surface area contributed by atoms with E-state index in [2.05, 4.69) is 0 Å². The molecule has 112 valence electrons. The quantitative estimate of drug-likeness (QED) is 0.638. The van der Waals surface area contributed by atoms with Crippen LogP contribution in [0.3, 0.4) is 0 Å². The number of carbonyl (C=O) groups is 1. The molecule has 1 heterocycles. The van der Waals surface area contributed by atoms with Crippen molar-refractivity contribution in [1.29, 1.82) is 0 Å².